The van der Waals surface area contributed by atoms with E-state index in [0.717, 1.165) is 35.9 Å². The van der Waals surface area contributed by atoms with Crippen molar-refractivity contribution < 1.29 is 4.39 Å². The fraction of sp³-hybridized carbons (Fsp3) is 0.607. The Labute approximate surface area is 183 Å². The second-order valence-corrected chi connectivity index (χ2v) is 9.35. The molecule has 1 heterocycles. The van der Waals surface area contributed by atoms with Gasteiger partial charge < -0.3 is 0 Å². The van der Waals surface area contributed by atoms with Crippen molar-refractivity contribution in [2.45, 2.75) is 97.3 Å². The molecule has 2 heteroatoms. The Hall–Kier alpha value is -1.70. The summed E-state index contributed by atoms with van der Waals surface area (Å²) >= 11 is 0. The Morgan fingerprint density at radius 3 is 2.17 bits per heavy atom. The average Bonchev–Trinajstić information content (AvgIpc) is 2.78. The Balaban J connectivity index is 1.41. The highest BCUT2D eigenvalue weighted by Gasteiger charge is 2.20. The number of nitrogens with zero attached hydrogens (tertiary/aromatic N) is 1. The summed E-state index contributed by atoms with van der Waals surface area (Å²) in [6.45, 7) is 4.39. The van der Waals surface area contributed by atoms with E-state index in [2.05, 4.69) is 24.9 Å². The zero-order valence-electron chi connectivity index (χ0n) is 19.1. The first-order valence-electron chi connectivity index (χ1n) is 12.4. The highest BCUT2D eigenvalue weighted by atomic mass is 19.1. The lowest BCUT2D eigenvalue weighted by Crippen LogP contribution is -2.15. The van der Waals surface area contributed by atoms with Crippen LogP contribution in [0.3, 0.4) is 0 Å². The Morgan fingerprint density at radius 2 is 1.53 bits per heavy atom. The van der Waals surface area contributed by atoms with Gasteiger partial charge in [0.1, 0.15) is 5.82 Å². The molecule has 0 amide bonds. The molecule has 0 spiro atoms. The third kappa shape index (κ3) is 6.93. The maximum absolute atomic E-state index is 14.7. The van der Waals surface area contributed by atoms with E-state index in [0.29, 0.717) is 5.56 Å². The number of rotatable bonds is 11. The van der Waals surface area contributed by atoms with Crippen molar-refractivity contribution in [1.29, 1.82) is 0 Å². The summed E-state index contributed by atoms with van der Waals surface area (Å²) in [7, 11) is 0. The van der Waals surface area contributed by atoms with Crippen LogP contribution < -0.4 is 0 Å². The third-order valence-corrected chi connectivity index (χ3v) is 7.07. The maximum atomic E-state index is 14.7. The first-order valence-corrected chi connectivity index (χ1v) is 12.4. The van der Waals surface area contributed by atoms with Crippen LogP contribution in [0, 0.1) is 17.7 Å². The van der Waals surface area contributed by atoms with Gasteiger partial charge in [-0.15, -0.1) is 0 Å². The molecule has 1 fully saturated rings. The Kier molecular flexibility index (Phi) is 9.36. The molecule has 30 heavy (non-hydrogen) atoms. The molecule has 0 aliphatic heterocycles. The Bertz CT molecular complexity index is 744. The molecule has 1 aromatic carbocycles. The topological polar surface area (TPSA) is 12.9 Å². The number of aryl methyl sites for hydroxylation is 2. The molecule has 1 nitrogen and oxygen atoms in total. The molecule has 0 radical (unpaired) electrons. The van der Waals surface area contributed by atoms with Crippen LogP contribution in [-0.4, -0.2) is 4.98 Å². The highest BCUT2D eigenvalue weighted by molar-refractivity contribution is 5.60. The normalized spacial score (nSPS) is 19.2. The lowest BCUT2D eigenvalue weighted by molar-refractivity contribution is 0.248. The molecule has 0 saturated heterocycles. The first kappa shape index (κ1) is 23.0. The van der Waals surface area contributed by atoms with E-state index in [1.54, 1.807) is 6.07 Å². The largest absolute Gasteiger partial charge is 0.256 e. The Morgan fingerprint density at radius 1 is 0.833 bits per heavy atom. The molecule has 1 aromatic heterocycles. The summed E-state index contributed by atoms with van der Waals surface area (Å²) < 4.78 is 14.7. The molecular weight excluding hydrogens is 369 g/mol. The number of aromatic nitrogens is 1. The van der Waals surface area contributed by atoms with Crippen molar-refractivity contribution in [1.82, 2.24) is 4.98 Å². The van der Waals surface area contributed by atoms with Crippen molar-refractivity contribution >= 4 is 0 Å². The second kappa shape index (κ2) is 12.2. The van der Waals surface area contributed by atoms with Gasteiger partial charge in [-0.05, 0) is 60.4 Å². The lowest BCUT2D eigenvalue weighted by Gasteiger charge is -2.28. The molecule has 0 atom stereocenters. The summed E-state index contributed by atoms with van der Waals surface area (Å²) in [5.74, 6) is 1.65. The van der Waals surface area contributed by atoms with Crippen LogP contribution in [0.15, 0.2) is 36.5 Å². The molecular formula is C28H40FN. The molecule has 1 saturated carbocycles. The summed E-state index contributed by atoms with van der Waals surface area (Å²) in [5, 5.41) is 0. The van der Waals surface area contributed by atoms with E-state index in [-0.39, 0.29) is 5.82 Å². The van der Waals surface area contributed by atoms with Crippen LogP contribution in [-0.2, 0) is 12.8 Å². The number of hydrogen-bond acceptors (Lipinski definition) is 1. The van der Waals surface area contributed by atoms with Crippen molar-refractivity contribution in [3.05, 3.63) is 53.5 Å². The minimum absolute atomic E-state index is 0.143. The van der Waals surface area contributed by atoms with Crippen molar-refractivity contribution in [2.75, 3.05) is 0 Å². The SMILES string of the molecule is CCCCCCCC1CCC(CCc2ccc(-c3ccc(CC)cn3)c(F)c2)CC1. The minimum atomic E-state index is -0.143. The van der Waals surface area contributed by atoms with Crippen LogP contribution in [0.5, 0.6) is 0 Å². The predicted molar refractivity (Wildman–Crippen MR) is 126 cm³/mol. The van der Waals surface area contributed by atoms with Crippen LogP contribution in [0.2, 0.25) is 0 Å². The summed E-state index contributed by atoms with van der Waals surface area (Å²) in [6.07, 6.45) is 19.0. The molecule has 1 aliphatic rings. The molecule has 3 rings (SSSR count). The number of pyridine rings is 1. The quantitative estimate of drug-likeness (QED) is 0.339. The summed E-state index contributed by atoms with van der Waals surface area (Å²) in [5.41, 5.74) is 3.64. The summed E-state index contributed by atoms with van der Waals surface area (Å²) in [6, 6.07) is 9.70. The molecule has 164 valence electrons. The standard InChI is InChI=1S/C28H40FN/c1-3-5-6-7-8-9-23-10-12-24(13-11-23)14-15-25-16-18-26(27(29)20-25)28-19-17-22(4-2)21-30-28/h16-21,23-24H,3-15H2,1-2H3. The van der Waals surface area contributed by atoms with Crippen LogP contribution in [0.25, 0.3) is 11.3 Å². The minimum Gasteiger partial charge on any atom is -0.256 e. The van der Waals surface area contributed by atoms with Crippen molar-refractivity contribution in [2.24, 2.45) is 11.8 Å². The highest BCUT2D eigenvalue weighted by Crippen LogP contribution is 2.34. The number of hydrogen-bond donors (Lipinski definition) is 0. The smallest absolute Gasteiger partial charge is 0.132 e. The van der Waals surface area contributed by atoms with Gasteiger partial charge in [-0.25, -0.2) is 4.39 Å². The van der Waals surface area contributed by atoms with Gasteiger partial charge >= 0.3 is 0 Å². The molecule has 1 aliphatic carbocycles. The zero-order valence-corrected chi connectivity index (χ0v) is 19.1. The van der Waals surface area contributed by atoms with E-state index < -0.39 is 0 Å². The van der Waals surface area contributed by atoms with Gasteiger partial charge in [0.25, 0.3) is 0 Å². The van der Waals surface area contributed by atoms with Crippen molar-refractivity contribution in [3.8, 4) is 11.3 Å². The van der Waals surface area contributed by atoms with Gasteiger partial charge in [0.05, 0.1) is 5.69 Å². The number of unbranched alkanes of at least 4 members (excludes halogenated alkanes) is 4. The van der Waals surface area contributed by atoms with E-state index in [1.807, 2.05) is 24.4 Å². The second-order valence-electron chi connectivity index (χ2n) is 9.35. The monoisotopic (exact) mass is 409 g/mol. The van der Waals surface area contributed by atoms with Gasteiger partial charge in [0.15, 0.2) is 0 Å². The first-order chi connectivity index (χ1) is 14.7. The van der Waals surface area contributed by atoms with E-state index >= 15 is 0 Å². The molecule has 0 bridgehead atoms. The van der Waals surface area contributed by atoms with Crippen LogP contribution >= 0.6 is 0 Å². The van der Waals surface area contributed by atoms with E-state index in [1.165, 1.54) is 76.2 Å². The van der Waals surface area contributed by atoms with Crippen LogP contribution in [0.1, 0.15) is 95.6 Å². The molecule has 0 N–H and O–H groups in total. The van der Waals surface area contributed by atoms with Gasteiger partial charge in [-0.3, -0.25) is 4.98 Å². The lowest BCUT2D eigenvalue weighted by atomic mass is 9.77. The average molecular weight is 410 g/mol. The van der Waals surface area contributed by atoms with Crippen molar-refractivity contribution in [3.63, 3.8) is 0 Å². The van der Waals surface area contributed by atoms with Gasteiger partial charge in [-0.1, -0.05) is 90.2 Å². The zero-order chi connectivity index (χ0) is 21.2. The molecule has 0 unspecified atom stereocenters. The van der Waals surface area contributed by atoms with Gasteiger partial charge in [-0.2, -0.15) is 0 Å². The van der Waals surface area contributed by atoms with Gasteiger partial charge in [0.2, 0.25) is 0 Å². The summed E-state index contributed by atoms with van der Waals surface area (Å²) in [4.78, 5) is 4.43. The van der Waals surface area contributed by atoms with E-state index in [9.17, 15) is 4.39 Å². The number of halogens is 1. The fourth-order valence-corrected chi connectivity index (χ4v) is 4.93. The van der Waals surface area contributed by atoms with Gasteiger partial charge in [0, 0.05) is 11.8 Å². The predicted octanol–water partition coefficient (Wildman–Crippen LogP) is 8.55. The van der Waals surface area contributed by atoms with Crippen LogP contribution in [0.4, 0.5) is 4.39 Å². The van der Waals surface area contributed by atoms with E-state index in [4.69, 9.17) is 0 Å². The molecule has 2 aromatic rings. The maximum Gasteiger partial charge on any atom is 0.132 e. The number of benzene rings is 1. The third-order valence-electron chi connectivity index (χ3n) is 7.07. The fourth-order valence-electron chi connectivity index (χ4n) is 4.93.